The number of ether oxygens (including phenoxy) is 2. The van der Waals surface area contributed by atoms with Gasteiger partial charge in [0.15, 0.2) is 0 Å². The number of aromatic amines is 1. The van der Waals surface area contributed by atoms with E-state index in [2.05, 4.69) is 27.6 Å². The summed E-state index contributed by atoms with van der Waals surface area (Å²) in [5.74, 6) is 2.30. The lowest BCUT2D eigenvalue weighted by molar-refractivity contribution is 0.289. The topological polar surface area (TPSA) is 60.0 Å². The van der Waals surface area contributed by atoms with Crippen molar-refractivity contribution in [2.45, 2.75) is 18.8 Å². The zero-order valence-corrected chi connectivity index (χ0v) is 15.5. The molecular formula is C20H19N3O2S. The average molecular weight is 365 g/mol. The van der Waals surface area contributed by atoms with Crippen LogP contribution in [-0.4, -0.2) is 27.5 Å². The maximum atomic E-state index is 5.95. The second-order valence-corrected chi connectivity index (χ2v) is 6.53. The fourth-order valence-electron chi connectivity index (χ4n) is 3.02. The fourth-order valence-corrected chi connectivity index (χ4v) is 3.14. The van der Waals surface area contributed by atoms with Crippen LogP contribution in [0.4, 0.5) is 0 Å². The van der Waals surface area contributed by atoms with Gasteiger partial charge in [0, 0.05) is 17.0 Å². The van der Waals surface area contributed by atoms with Crippen molar-refractivity contribution in [1.82, 2.24) is 15.0 Å². The SMILES string of the molecule is CCC(S)Oc1cccc2c(OC)c(-c3nc4ccncc4[nH]3)ccc12. The molecule has 0 aliphatic heterocycles. The minimum atomic E-state index is -0.144. The lowest BCUT2D eigenvalue weighted by Gasteiger charge is -2.16. The average Bonchev–Trinajstić information content (AvgIpc) is 3.11. The van der Waals surface area contributed by atoms with Crippen LogP contribution >= 0.6 is 12.6 Å². The Morgan fingerprint density at radius 2 is 2.04 bits per heavy atom. The van der Waals surface area contributed by atoms with Crippen molar-refractivity contribution in [1.29, 1.82) is 0 Å². The number of fused-ring (bicyclic) bond motifs is 2. The first-order valence-corrected chi connectivity index (χ1v) is 8.97. The van der Waals surface area contributed by atoms with Crippen LogP contribution in [-0.2, 0) is 0 Å². The summed E-state index contributed by atoms with van der Waals surface area (Å²) in [6, 6.07) is 11.8. The van der Waals surface area contributed by atoms with E-state index >= 15 is 0 Å². The van der Waals surface area contributed by atoms with Crippen LogP contribution in [0.3, 0.4) is 0 Å². The van der Waals surface area contributed by atoms with E-state index in [1.54, 1.807) is 19.5 Å². The molecule has 0 bridgehead atoms. The van der Waals surface area contributed by atoms with E-state index in [-0.39, 0.29) is 5.44 Å². The predicted octanol–water partition coefficient (Wildman–Crippen LogP) is 4.83. The minimum absolute atomic E-state index is 0.144. The van der Waals surface area contributed by atoms with Crippen LogP contribution in [0.25, 0.3) is 33.2 Å². The van der Waals surface area contributed by atoms with Crippen molar-refractivity contribution >= 4 is 34.4 Å². The van der Waals surface area contributed by atoms with Gasteiger partial charge in [0.2, 0.25) is 0 Å². The van der Waals surface area contributed by atoms with Gasteiger partial charge in [-0.1, -0.05) is 19.1 Å². The Morgan fingerprint density at radius 3 is 2.81 bits per heavy atom. The van der Waals surface area contributed by atoms with E-state index in [0.29, 0.717) is 0 Å². The van der Waals surface area contributed by atoms with Crippen LogP contribution in [0, 0.1) is 0 Å². The molecule has 6 heteroatoms. The third-order valence-corrected chi connectivity index (χ3v) is 4.80. The Hall–Kier alpha value is -2.73. The highest BCUT2D eigenvalue weighted by Crippen LogP contribution is 2.39. The first-order chi connectivity index (χ1) is 12.7. The number of imidazole rings is 1. The molecule has 0 amide bonds. The number of hydrogen-bond donors (Lipinski definition) is 2. The molecule has 0 aliphatic rings. The van der Waals surface area contributed by atoms with Crippen LogP contribution in [0.1, 0.15) is 13.3 Å². The quantitative estimate of drug-likeness (QED) is 0.393. The molecule has 2 aromatic carbocycles. The molecule has 4 rings (SSSR count). The third kappa shape index (κ3) is 2.86. The lowest BCUT2D eigenvalue weighted by Crippen LogP contribution is -2.07. The Kier molecular flexibility index (Phi) is 4.42. The highest BCUT2D eigenvalue weighted by Gasteiger charge is 2.16. The molecule has 26 heavy (non-hydrogen) atoms. The standard InChI is InChI=1S/C20H19N3O2S/c1-3-18(26)25-17-6-4-5-13-12(17)7-8-14(19(13)24-2)20-22-15-9-10-21-11-16(15)23-20/h4-11,18,26H,3H2,1-2H3,(H,22,23). The van der Waals surface area contributed by atoms with E-state index in [1.165, 1.54) is 0 Å². The normalized spacial score (nSPS) is 12.4. The highest BCUT2D eigenvalue weighted by atomic mass is 32.1. The number of nitrogens with one attached hydrogen (secondary N) is 1. The summed E-state index contributed by atoms with van der Waals surface area (Å²) < 4.78 is 11.7. The van der Waals surface area contributed by atoms with Crippen LogP contribution in [0.2, 0.25) is 0 Å². The van der Waals surface area contributed by atoms with E-state index in [9.17, 15) is 0 Å². The molecule has 0 saturated carbocycles. The van der Waals surface area contributed by atoms with Gasteiger partial charge < -0.3 is 14.5 Å². The zero-order valence-electron chi connectivity index (χ0n) is 14.6. The molecule has 2 heterocycles. The van der Waals surface area contributed by atoms with Crippen LogP contribution in [0.5, 0.6) is 11.5 Å². The Bertz CT molecular complexity index is 1040. The first-order valence-electron chi connectivity index (χ1n) is 8.45. The van der Waals surface area contributed by atoms with Gasteiger partial charge in [-0.05, 0) is 30.7 Å². The molecule has 0 spiro atoms. The fraction of sp³-hybridized carbons (Fsp3) is 0.200. The van der Waals surface area contributed by atoms with E-state index in [1.807, 2.05) is 43.3 Å². The van der Waals surface area contributed by atoms with Gasteiger partial charge in [0.1, 0.15) is 22.8 Å². The highest BCUT2D eigenvalue weighted by molar-refractivity contribution is 7.80. The molecular weight excluding hydrogens is 346 g/mol. The summed E-state index contributed by atoms with van der Waals surface area (Å²) in [7, 11) is 1.67. The van der Waals surface area contributed by atoms with E-state index in [0.717, 1.165) is 51.1 Å². The molecule has 0 fully saturated rings. The molecule has 1 unspecified atom stereocenters. The van der Waals surface area contributed by atoms with Crippen LogP contribution in [0.15, 0.2) is 48.8 Å². The number of nitrogens with zero attached hydrogens (tertiary/aromatic N) is 2. The number of methoxy groups -OCH3 is 1. The van der Waals surface area contributed by atoms with Crippen molar-refractivity contribution in [3.63, 3.8) is 0 Å². The second-order valence-electron chi connectivity index (χ2n) is 5.96. The largest absolute Gasteiger partial charge is 0.495 e. The molecule has 0 saturated heterocycles. The van der Waals surface area contributed by atoms with Crippen molar-refractivity contribution in [3.8, 4) is 22.9 Å². The van der Waals surface area contributed by atoms with Crippen LogP contribution < -0.4 is 9.47 Å². The molecule has 5 nitrogen and oxygen atoms in total. The number of rotatable bonds is 5. The molecule has 0 aliphatic carbocycles. The number of hydrogen-bond acceptors (Lipinski definition) is 5. The molecule has 1 N–H and O–H groups in total. The van der Waals surface area contributed by atoms with Gasteiger partial charge in [0.05, 0.1) is 29.9 Å². The number of H-pyrrole nitrogens is 1. The summed E-state index contributed by atoms with van der Waals surface area (Å²) in [6.07, 6.45) is 4.32. The number of pyridine rings is 1. The minimum Gasteiger partial charge on any atom is -0.495 e. The number of thiol groups is 1. The van der Waals surface area contributed by atoms with Gasteiger partial charge in [-0.3, -0.25) is 4.98 Å². The summed E-state index contributed by atoms with van der Waals surface area (Å²) in [4.78, 5) is 12.1. The number of benzene rings is 2. The maximum Gasteiger partial charge on any atom is 0.142 e. The summed E-state index contributed by atoms with van der Waals surface area (Å²) in [6.45, 7) is 2.04. The van der Waals surface area contributed by atoms with Crippen molar-refractivity contribution in [2.75, 3.05) is 7.11 Å². The van der Waals surface area contributed by atoms with Crippen molar-refractivity contribution < 1.29 is 9.47 Å². The van der Waals surface area contributed by atoms with E-state index < -0.39 is 0 Å². The molecule has 4 aromatic rings. The molecule has 0 radical (unpaired) electrons. The Labute approximate surface area is 156 Å². The van der Waals surface area contributed by atoms with Gasteiger partial charge in [-0.25, -0.2) is 4.98 Å². The monoisotopic (exact) mass is 365 g/mol. The molecule has 2 aromatic heterocycles. The summed E-state index contributed by atoms with van der Waals surface area (Å²) in [5, 5.41) is 1.95. The summed E-state index contributed by atoms with van der Waals surface area (Å²) in [5.41, 5.74) is 2.51. The van der Waals surface area contributed by atoms with Gasteiger partial charge in [-0.2, -0.15) is 0 Å². The predicted molar refractivity (Wildman–Crippen MR) is 107 cm³/mol. The maximum absolute atomic E-state index is 5.95. The first kappa shape index (κ1) is 16.7. The zero-order chi connectivity index (χ0) is 18.1. The van der Waals surface area contributed by atoms with Gasteiger partial charge in [0.25, 0.3) is 0 Å². The Morgan fingerprint density at radius 1 is 1.15 bits per heavy atom. The second kappa shape index (κ2) is 6.88. The smallest absolute Gasteiger partial charge is 0.142 e. The van der Waals surface area contributed by atoms with Crippen molar-refractivity contribution in [3.05, 3.63) is 48.8 Å². The van der Waals surface area contributed by atoms with Crippen molar-refractivity contribution in [2.24, 2.45) is 0 Å². The van der Waals surface area contributed by atoms with E-state index in [4.69, 9.17) is 9.47 Å². The molecule has 1 atom stereocenters. The number of aromatic nitrogens is 3. The van der Waals surface area contributed by atoms with Gasteiger partial charge in [-0.15, -0.1) is 12.6 Å². The third-order valence-electron chi connectivity index (χ3n) is 4.33. The van der Waals surface area contributed by atoms with Gasteiger partial charge >= 0.3 is 0 Å². The Balaban J connectivity index is 1.88. The molecule has 132 valence electrons. The summed E-state index contributed by atoms with van der Waals surface area (Å²) >= 11 is 4.45. The lowest BCUT2D eigenvalue weighted by atomic mass is 10.0.